The summed E-state index contributed by atoms with van der Waals surface area (Å²) in [5.74, 6) is 0.0619. The maximum atomic E-state index is 12.9. The van der Waals surface area contributed by atoms with Gasteiger partial charge in [-0.15, -0.1) is 22.7 Å². The first-order valence-electron chi connectivity index (χ1n) is 7.64. The zero-order chi connectivity index (χ0) is 16.4. The Morgan fingerprint density at radius 3 is 1.54 bits per heavy atom. The number of hydrogen-bond acceptors (Lipinski definition) is 3. The van der Waals surface area contributed by atoms with Gasteiger partial charge in [0.15, 0.2) is 5.78 Å². The maximum absolute atomic E-state index is 12.9. The quantitative estimate of drug-likeness (QED) is 0.392. The smallest absolute Gasteiger partial charge is 0.193 e. The van der Waals surface area contributed by atoms with E-state index in [0.29, 0.717) is 0 Å². The van der Waals surface area contributed by atoms with Crippen molar-refractivity contribution in [1.82, 2.24) is 0 Å². The van der Waals surface area contributed by atoms with Gasteiger partial charge >= 0.3 is 0 Å². The minimum Gasteiger partial charge on any atom is -0.289 e. The van der Waals surface area contributed by atoms with Crippen molar-refractivity contribution in [3.05, 3.63) is 94.7 Å². The molecule has 0 atom stereocenters. The molecule has 0 aliphatic carbocycles. The molecule has 0 saturated carbocycles. The first-order chi connectivity index (χ1) is 11.8. The lowest BCUT2D eigenvalue weighted by molar-refractivity contribution is 0.103. The fourth-order valence-electron chi connectivity index (χ4n) is 2.68. The van der Waals surface area contributed by atoms with Crippen LogP contribution >= 0.6 is 22.7 Å². The van der Waals surface area contributed by atoms with Gasteiger partial charge in [0.2, 0.25) is 0 Å². The van der Waals surface area contributed by atoms with Crippen LogP contribution in [0.4, 0.5) is 0 Å². The molecule has 0 amide bonds. The van der Waals surface area contributed by atoms with Crippen molar-refractivity contribution in [3.63, 3.8) is 0 Å². The average Bonchev–Trinajstić information content (AvgIpc) is 3.35. The molecule has 0 unspecified atom stereocenters. The molecular formula is C21H14OS2. The zero-order valence-electron chi connectivity index (χ0n) is 12.8. The van der Waals surface area contributed by atoms with Gasteiger partial charge in [-0.1, -0.05) is 48.5 Å². The van der Waals surface area contributed by atoms with Crippen molar-refractivity contribution < 1.29 is 4.79 Å². The van der Waals surface area contributed by atoms with Crippen LogP contribution in [0.2, 0.25) is 0 Å². The first-order valence-corrected chi connectivity index (χ1v) is 9.40. The average molecular weight is 346 g/mol. The largest absolute Gasteiger partial charge is 0.289 e. The minimum atomic E-state index is 0.0619. The van der Waals surface area contributed by atoms with E-state index in [9.17, 15) is 4.79 Å². The van der Waals surface area contributed by atoms with Crippen LogP contribution in [0, 0.1) is 0 Å². The fourth-order valence-corrected chi connectivity index (χ4v) is 4.13. The van der Waals surface area contributed by atoms with Crippen LogP contribution in [0.5, 0.6) is 0 Å². The summed E-state index contributed by atoms with van der Waals surface area (Å²) in [6, 6.07) is 23.9. The van der Waals surface area contributed by atoms with Gasteiger partial charge in [0.1, 0.15) is 0 Å². The number of carbonyl (C=O) groups excluding carboxylic acids is 1. The van der Waals surface area contributed by atoms with Crippen molar-refractivity contribution in [2.75, 3.05) is 0 Å². The zero-order valence-corrected chi connectivity index (χ0v) is 14.4. The molecular weight excluding hydrogens is 332 g/mol. The molecule has 0 saturated heterocycles. The van der Waals surface area contributed by atoms with E-state index in [4.69, 9.17) is 0 Å². The Kier molecular flexibility index (Phi) is 4.11. The van der Waals surface area contributed by atoms with Gasteiger partial charge in [0.25, 0.3) is 0 Å². The van der Waals surface area contributed by atoms with Crippen molar-refractivity contribution >= 4 is 28.5 Å². The van der Waals surface area contributed by atoms with Crippen molar-refractivity contribution in [3.8, 4) is 20.9 Å². The molecule has 2 aromatic heterocycles. The van der Waals surface area contributed by atoms with Crippen molar-refractivity contribution in [1.29, 1.82) is 0 Å². The topological polar surface area (TPSA) is 17.1 Å². The Labute approximate surface area is 148 Å². The van der Waals surface area contributed by atoms with Gasteiger partial charge in [-0.25, -0.2) is 0 Å². The normalized spacial score (nSPS) is 10.7. The van der Waals surface area contributed by atoms with E-state index in [0.717, 1.165) is 22.3 Å². The standard InChI is InChI=1S/C21H14OS2/c22-21(17-7-1-5-15(13-17)19-9-3-11-23-19)18-8-2-6-16(14-18)20-10-4-12-24-20/h1-14H. The summed E-state index contributed by atoms with van der Waals surface area (Å²) in [5, 5.41) is 4.10. The number of rotatable bonds is 4. The van der Waals surface area contributed by atoms with Crippen LogP contribution in [-0.4, -0.2) is 5.78 Å². The van der Waals surface area contributed by atoms with Crippen LogP contribution < -0.4 is 0 Å². The lowest BCUT2D eigenvalue weighted by Gasteiger charge is -2.06. The molecule has 0 N–H and O–H groups in total. The van der Waals surface area contributed by atoms with Crippen LogP contribution in [0.25, 0.3) is 20.9 Å². The lowest BCUT2D eigenvalue weighted by Crippen LogP contribution is -2.01. The summed E-state index contributed by atoms with van der Waals surface area (Å²) in [7, 11) is 0. The highest BCUT2D eigenvalue weighted by molar-refractivity contribution is 7.13. The summed E-state index contributed by atoms with van der Waals surface area (Å²) in [4.78, 5) is 15.3. The second-order valence-electron chi connectivity index (χ2n) is 5.45. The van der Waals surface area contributed by atoms with Crippen molar-refractivity contribution in [2.24, 2.45) is 0 Å². The number of carbonyl (C=O) groups is 1. The predicted molar refractivity (Wildman–Crippen MR) is 103 cm³/mol. The molecule has 0 aliphatic rings. The van der Waals surface area contributed by atoms with Gasteiger partial charge in [-0.2, -0.15) is 0 Å². The predicted octanol–water partition coefficient (Wildman–Crippen LogP) is 6.37. The van der Waals surface area contributed by atoms with Gasteiger partial charge in [0.05, 0.1) is 0 Å². The van der Waals surface area contributed by atoms with Gasteiger partial charge in [0, 0.05) is 20.9 Å². The molecule has 2 heterocycles. The summed E-state index contributed by atoms with van der Waals surface area (Å²) in [5.41, 5.74) is 3.63. The molecule has 0 fully saturated rings. The van der Waals surface area contributed by atoms with Crippen LogP contribution in [0.15, 0.2) is 83.6 Å². The minimum absolute atomic E-state index is 0.0619. The number of ketones is 1. The van der Waals surface area contributed by atoms with Gasteiger partial charge in [-0.05, 0) is 46.2 Å². The lowest BCUT2D eigenvalue weighted by atomic mass is 9.99. The fraction of sp³-hybridized carbons (Fsp3) is 0. The monoisotopic (exact) mass is 346 g/mol. The molecule has 4 aromatic rings. The van der Waals surface area contributed by atoms with Gasteiger partial charge < -0.3 is 0 Å². The van der Waals surface area contributed by atoms with Crippen LogP contribution in [-0.2, 0) is 0 Å². The van der Waals surface area contributed by atoms with E-state index >= 15 is 0 Å². The molecule has 0 spiro atoms. The SMILES string of the molecule is O=C(c1cccc(-c2cccs2)c1)c1cccc(-c2cccs2)c1. The Morgan fingerprint density at radius 1 is 0.625 bits per heavy atom. The summed E-state index contributed by atoms with van der Waals surface area (Å²) in [6.07, 6.45) is 0. The van der Waals surface area contributed by atoms with E-state index in [1.165, 1.54) is 9.75 Å². The summed E-state index contributed by atoms with van der Waals surface area (Å²) in [6.45, 7) is 0. The summed E-state index contributed by atoms with van der Waals surface area (Å²) < 4.78 is 0. The van der Waals surface area contributed by atoms with Crippen LogP contribution in [0.3, 0.4) is 0 Å². The Balaban J connectivity index is 1.69. The number of thiophene rings is 2. The van der Waals surface area contributed by atoms with E-state index in [-0.39, 0.29) is 5.78 Å². The number of benzene rings is 2. The second-order valence-corrected chi connectivity index (χ2v) is 7.34. The third-order valence-corrected chi connectivity index (χ3v) is 5.70. The van der Waals surface area contributed by atoms with E-state index < -0.39 is 0 Å². The molecule has 116 valence electrons. The van der Waals surface area contributed by atoms with Crippen LogP contribution in [0.1, 0.15) is 15.9 Å². The van der Waals surface area contributed by atoms with Crippen molar-refractivity contribution in [2.45, 2.75) is 0 Å². The van der Waals surface area contributed by atoms with Gasteiger partial charge in [-0.3, -0.25) is 4.79 Å². The maximum Gasteiger partial charge on any atom is 0.193 e. The highest BCUT2D eigenvalue weighted by Crippen LogP contribution is 2.28. The molecule has 4 rings (SSSR count). The second kappa shape index (κ2) is 6.56. The Morgan fingerprint density at radius 2 is 1.12 bits per heavy atom. The third-order valence-electron chi connectivity index (χ3n) is 3.86. The summed E-state index contributed by atoms with van der Waals surface area (Å²) >= 11 is 3.37. The third kappa shape index (κ3) is 2.96. The molecule has 1 nitrogen and oxygen atoms in total. The number of hydrogen-bond donors (Lipinski definition) is 0. The first kappa shape index (κ1) is 15.1. The van der Waals surface area contributed by atoms with E-state index in [1.807, 2.05) is 71.4 Å². The molecule has 24 heavy (non-hydrogen) atoms. The van der Waals surface area contributed by atoms with E-state index in [1.54, 1.807) is 22.7 Å². The molecule has 0 bridgehead atoms. The van der Waals surface area contributed by atoms with E-state index in [2.05, 4.69) is 12.1 Å². The Hall–Kier alpha value is -2.49. The molecule has 3 heteroatoms. The molecule has 2 aromatic carbocycles. The highest BCUT2D eigenvalue weighted by atomic mass is 32.1. The molecule has 0 aliphatic heterocycles. The highest BCUT2D eigenvalue weighted by Gasteiger charge is 2.11. The molecule has 0 radical (unpaired) electrons. The Bertz CT molecular complexity index is 887.